The maximum Gasteiger partial charge on any atom is 0.501 e. The molecule has 0 unspecified atom stereocenters. The Balaban J connectivity index is 2.49. The van der Waals surface area contributed by atoms with Crippen LogP contribution >= 0.6 is 0 Å². The van der Waals surface area contributed by atoms with E-state index >= 15 is 0 Å². The third kappa shape index (κ3) is 3.58. The van der Waals surface area contributed by atoms with Gasteiger partial charge in [0.15, 0.2) is 0 Å². The van der Waals surface area contributed by atoms with E-state index in [1.807, 2.05) is 0 Å². The first-order valence-electron chi connectivity index (χ1n) is 6.77. The van der Waals surface area contributed by atoms with E-state index in [9.17, 15) is 26.0 Å². The summed E-state index contributed by atoms with van der Waals surface area (Å²) in [5.41, 5.74) is -5.41. The van der Waals surface area contributed by atoms with E-state index in [1.165, 1.54) is 19.9 Å². The predicted molar refractivity (Wildman–Crippen MR) is 80.3 cm³/mol. The van der Waals surface area contributed by atoms with Gasteiger partial charge in [-0.1, -0.05) is 0 Å². The molecule has 0 spiro atoms. The zero-order valence-corrected chi connectivity index (χ0v) is 13.8. The number of nitrogens with zero attached hydrogens (tertiary/aromatic N) is 1. The van der Waals surface area contributed by atoms with Crippen LogP contribution in [-0.2, 0) is 9.84 Å². The minimum absolute atomic E-state index is 0.000597. The number of hydrogen-bond donors (Lipinski definition) is 0. The summed E-state index contributed by atoms with van der Waals surface area (Å²) in [6, 6.07) is 6.81. The van der Waals surface area contributed by atoms with Gasteiger partial charge in [0.1, 0.15) is 17.3 Å². The van der Waals surface area contributed by atoms with Gasteiger partial charge in [0.05, 0.1) is 16.5 Å². The van der Waals surface area contributed by atoms with E-state index in [0.29, 0.717) is 0 Å². The first-order chi connectivity index (χ1) is 11.5. The molecule has 2 aromatic rings. The molecule has 9 heteroatoms. The average molecular weight is 373 g/mol. The van der Waals surface area contributed by atoms with Crippen molar-refractivity contribution in [2.24, 2.45) is 0 Å². The minimum Gasteiger partial charge on any atom is -0.457 e. The average Bonchev–Trinajstić information content (AvgIpc) is 2.50. The summed E-state index contributed by atoms with van der Waals surface area (Å²) in [5, 5.41) is 8.81. The van der Waals surface area contributed by atoms with Crippen LogP contribution in [0.5, 0.6) is 11.5 Å². The molecule has 0 radical (unpaired) electrons. The summed E-state index contributed by atoms with van der Waals surface area (Å²) in [4.78, 5) is -0.873. The molecule has 0 aliphatic rings. The maximum absolute atomic E-state index is 13.4. The number of alkyl halides is 3. The number of rotatable bonds is 3. The van der Waals surface area contributed by atoms with Gasteiger partial charge in [-0.05, 0) is 49.2 Å². The lowest BCUT2D eigenvalue weighted by Gasteiger charge is -2.15. The Morgan fingerprint density at radius 1 is 1.08 bits per heavy atom. The molecular weight excluding hydrogens is 362 g/mol. The normalized spacial score (nSPS) is 11.9. The van der Waals surface area contributed by atoms with Crippen LogP contribution in [0, 0.1) is 31.0 Å². The van der Waals surface area contributed by atoms with Gasteiger partial charge >= 0.3 is 5.51 Å². The van der Waals surface area contributed by atoms with Crippen LogP contribution < -0.4 is 4.74 Å². The third-order valence-electron chi connectivity index (χ3n) is 3.51. The van der Waals surface area contributed by atoms with Crippen molar-refractivity contribution in [2.45, 2.75) is 24.3 Å². The number of ether oxygens (including phenoxy) is 1. The fraction of sp³-hybridized carbons (Fsp3) is 0.188. The van der Waals surface area contributed by atoms with E-state index in [0.717, 1.165) is 24.3 Å². The standard InChI is InChI=1S/C16H11F4NO3S/c1-9-10(2)15(25(22,23)16(18,19)20)4-3-14(9)24-13-6-11(8-21)5-12(17)7-13/h3-7H,1-2H3. The van der Waals surface area contributed by atoms with Gasteiger partial charge in [-0.25, -0.2) is 12.8 Å². The Morgan fingerprint density at radius 2 is 1.72 bits per heavy atom. The van der Waals surface area contributed by atoms with Crippen LogP contribution in [-0.4, -0.2) is 13.9 Å². The molecule has 4 nitrogen and oxygen atoms in total. The molecule has 0 heterocycles. The molecule has 0 aliphatic heterocycles. The molecule has 0 aromatic heterocycles. The summed E-state index contributed by atoms with van der Waals surface area (Å²) < 4.78 is 80.1. The lowest BCUT2D eigenvalue weighted by molar-refractivity contribution is -0.0436. The first-order valence-corrected chi connectivity index (χ1v) is 8.26. The predicted octanol–water partition coefficient (Wildman–Crippen LogP) is 4.40. The summed E-state index contributed by atoms with van der Waals surface area (Å²) in [6.45, 7) is 2.59. The summed E-state index contributed by atoms with van der Waals surface area (Å²) in [6.07, 6.45) is 0. The number of hydrogen-bond acceptors (Lipinski definition) is 4. The van der Waals surface area contributed by atoms with Crippen LogP contribution in [0.2, 0.25) is 0 Å². The van der Waals surface area contributed by atoms with Crippen LogP contribution in [0.4, 0.5) is 17.6 Å². The fourth-order valence-corrected chi connectivity index (χ4v) is 3.16. The van der Waals surface area contributed by atoms with Crippen molar-refractivity contribution in [3.8, 4) is 17.6 Å². The zero-order chi connectivity index (χ0) is 19.0. The molecule has 0 atom stereocenters. The van der Waals surface area contributed by atoms with Crippen molar-refractivity contribution in [1.29, 1.82) is 5.26 Å². The van der Waals surface area contributed by atoms with E-state index in [4.69, 9.17) is 10.00 Å². The largest absolute Gasteiger partial charge is 0.501 e. The fourth-order valence-electron chi connectivity index (χ4n) is 2.11. The zero-order valence-electron chi connectivity index (χ0n) is 13.0. The molecule has 0 saturated heterocycles. The highest BCUT2D eigenvalue weighted by atomic mass is 32.2. The number of nitriles is 1. The molecular formula is C16H11F4NO3S. The van der Waals surface area contributed by atoms with Gasteiger partial charge in [0.25, 0.3) is 9.84 Å². The van der Waals surface area contributed by atoms with Gasteiger partial charge in [0, 0.05) is 6.07 Å². The second kappa shape index (κ2) is 6.37. The molecule has 0 bridgehead atoms. The highest BCUT2D eigenvalue weighted by Crippen LogP contribution is 2.36. The van der Waals surface area contributed by atoms with E-state index in [-0.39, 0.29) is 28.2 Å². The van der Waals surface area contributed by atoms with Gasteiger partial charge in [-0.15, -0.1) is 0 Å². The Kier molecular flexibility index (Phi) is 4.77. The lowest BCUT2D eigenvalue weighted by Crippen LogP contribution is -2.24. The summed E-state index contributed by atoms with van der Waals surface area (Å²) in [5.74, 6) is -0.710. The number of halogens is 4. The minimum atomic E-state index is -5.50. The van der Waals surface area contributed by atoms with Crippen LogP contribution in [0.25, 0.3) is 0 Å². The van der Waals surface area contributed by atoms with E-state index in [2.05, 4.69) is 0 Å². The van der Waals surface area contributed by atoms with Gasteiger partial charge in [0.2, 0.25) is 0 Å². The molecule has 132 valence electrons. The smallest absolute Gasteiger partial charge is 0.457 e. The second-order valence-corrected chi connectivity index (χ2v) is 7.06. The molecule has 25 heavy (non-hydrogen) atoms. The van der Waals surface area contributed by atoms with Crippen molar-refractivity contribution >= 4 is 9.84 Å². The van der Waals surface area contributed by atoms with Crippen molar-refractivity contribution in [1.82, 2.24) is 0 Å². The Hall–Kier alpha value is -2.60. The molecule has 2 aromatic carbocycles. The van der Waals surface area contributed by atoms with Gasteiger partial charge in [-0.2, -0.15) is 18.4 Å². The highest BCUT2D eigenvalue weighted by molar-refractivity contribution is 7.92. The summed E-state index contributed by atoms with van der Waals surface area (Å²) in [7, 11) is -5.50. The Labute approximate surface area is 141 Å². The molecule has 2 rings (SSSR count). The monoisotopic (exact) mass is 373 g/mol. The second-order valence-electron chi connectivity index (χ2n) is 5.15. The quantitative estimate of drug-likeness (QED) is 0.748. The maximum atomic E-state index is 13.4. The Bertz CT molecular complexity index is 976. The first kappa shape index (κ1) is 18.7. The molecule has 0 N–H and O–H groups in total. The highest BCUT2D eigenvalue weighted by Gasteiger charge is 2.47. The van der Waals surface area contributed by atoms with Gasteiger partial charge in [-0.3, -0.25) is 0 Å². The van der Waals surface area contributed by atoms with E-state index in [1.54, 1.807) is 6.07 Å². The molecule has 0 amide bonds. The number of benzene rings is 2. The molecule has 0 aliphatic carbocycles. The van der Waals surface area contributed by atoms with Gasteiger partial charge < -0.3 is 4.74 Å². The van der Waals surface area contributed by atoms with Crippen molar-refractivity contribution in [3.05, 3.63) is 52.8 Å². The van der Waals surface area contributed by atoms with Crippen molar-refractivity contribution in [2.75, 3.05) is 0 Å². The molecule has 0 fully saturated rings. The Morgan fingerprint density at radius 3 is 2.28 bits per heavy atom. The van der Waals surface area contributed by atoms with E-state index < -0.39 is 26.1 Å². The molecule has 0 saturated carbocycles. The number of sulfone groups is 1. The van der Waals surface area contributed by atoms with Crippen LogP contribution in [0.3, 0.4) is 0 Å². The SMILES string of the molecule is Cc1c(Oc2cc(F)cc(C#N)c2)ccc(S(=O)(=O)C(F)(F)F)c1C. The lowest BCUT2D eigenvalue weighted by atomic mass is 10.1. The third-order valence-corrected chi connectivity index (χ3v) is 5.14. The van der Waals surface area contributed by atoms with Crippen molar-refractivity contribution < 1.29 is 30.7 Å². The van der Waals surface area contributed by atoms with Crippen LogP contribution in [0.15, 0.2) is 35.2 Å². The van der Waals surface area contributed by atoms with Crippen molar-refractivity contribution in [3.63, 3.8) is 0 Å². The summed E-state index contributed by atoms with van der Waals surface area (Å²) >= 11 is 0. The topological polar surface area (TPSA) is 67.2 Å². The van der Waals surface area contributed by atoms with Crippen LogP contribution in [0.1, 0.15) is 16.7 Å².